The quantitative estimate of drug-likeness (QED) is 0.341. The zero-order chi connectivity index (χ0) is 18.5. The second-order valence-electron chi connectivity index (χ2n) is 5.28. The molecule has 136 valence electrons. The predicted octanol–water partition coefficient (Wildman–Crippen LogP) is 2.13. The first-order chi connectivity index (χ1) is 11.0. The number of alkyl halides is 4. The molecule has 24 heavy (non-hydrogen) atoms. The predicted molar refractivity (Wildman–Crippen MR) is 76.1 cm³/mol. The van der Waals surface area contributed by atoms with Crippen LogP contribution in [0.25, 0.3) is 0 Å². The van der Waals surface area contributed by atoms with Gasteiger partial charge in [0, 0.05) is 6.20 Å². The van der Waals surface area contributed by atoms with Gasteiger partial charge >= 0.3 is 18.1 Å². The molecular formula is C14H18F4N2O4. The monoisotopic (exact) mass is 354 g/mol. The number of carbonyl (C=O) groups excluding carboxylic acids is 1. The lowest BCUT2D eigenvalue weighted by molar-refractivity contribution is -0.159. The Morgan fingerprint density at radius 1 is 1.38 bits per heavy atom. The summed E-state index contributed by atoms with van der Waals surface area (Å²) in [6, 6.07) is -0.964. The maximum Gasteiger partial charge on any atom is 0.433 e. The second-order valence-corrected chi connectivity index (χ2v) is 5.28. The van der Waals surface area contributed by atoms with E-state index in [2.05, 4.69) is 9.73 Å². The molecule has 0 aromatic carbocycles. The van der Waals surface area contributed by atoms with Gasteiger partial charge in [0.2, 0.25) is 5.67 Å². The number of ether oxygens (including phenoxy) is 1. The highest BCUT2D eigenvalue weighted by molar-refractivity contribution is 6.21. The van der Waals surface area contributed by atoms with E-state index in [-0.39, 0.29) is 32.3 Å². The van der Waals surface area contributed by atoms with E-state index in [1.54, 1.807) is 0 Å². The molecule has 1 rings (SSSR count). The van der Waals surface area contributed by atoms with Gasteiger partial charge in [-0.15, -0.1) is 0 Å². The fourth-order valence-corrected chi connectivity index (χ4v) is 2.38. The summed E-state index contributed by atoms with van der Waals surface area (Å²) >= 11 is 0. The van der Waals surface area contributed by atoms with Gasteiger partial charge in [0.05, 0.1) is 12.6 Å². The van der Waals surface area contributed by atoms with Crippen LogP contribution >= 0.6 is 0 Å². The minimum Gasteiger partial charge on any atom is -0.478 e. The van der Waals surface area contributed by atoms with Crippen LogP contribution in [0.15, 0.2) is 16.8 Å². The summed E-state index contributed by atoms with van der Waals surface area (Å²) in [4.78, 5) is 25.8. The average molecular weight is 354 g/mol. The van der Waals surface area contributed by atoms with Crippen LogP contribution in [0.3, 0.4) is 0 Å². The van der Waals surface area contributed by atoms with Crippen LogP contribution in [0.5, 0.6) is 0 Å². The number of rotatable bonds is 5. The van der Waals surface area contributed by atoms with Gasteiger partial charge in [-0.05, 0) is 32.6 Å². The van der Waals surface area contributed by atoms with Crippen LogP contribution < -0.4 is 5.73 Å². The number of hydrogen-bond acceptors (Lipinski definition) is 5. The Balaban J connectivity index is 2.96. The lowest BCUT2D eigenvalue weighted by atomic mass is 9.83. The van der Waals surface area contributed by atoms with Crippen molar-refractivity contribution in [3.8, 4) is 0 Å². The topological polar surface area (TPSA) is 102 Å². The molecule has 0 saturated heterocycles. The molecule has 1 fully saturated rings. The van der Waals surface area contributed by atoms with E-state index in [1.165, 1.54) is 6.92 Å². The van der Waals surface area contributed by atoms with Crippen LogP contribution in [0, 0.1) is 0 Å². The van der Waals surface area contributed by atoms with Gasteiger partial charge in [-0.1, -0.05) is 0 Å². The van der Waals surface area contributed by atoms with Crippen LogP contribution in [0.2, 0.25) is 0 Å². The molecular weight excluding hydrogens is 336 g/mol. The Kier molecular flexibility index (Phi) is 6.33. The Bertz CT molecular complexity index is 549. The molecule has 0 heterocycles. The zero-order valence-corrected chi connectivity index (χ0v) is 12.9. The minimum absolute atomic E-state index is 0.00638. The number of aliphatic imine (C=N–C) groups is 1. The van der Waals surface area contributed by atoms with Gasteiger partial charge in [0.1, 0.15) is 5.57 Å². The smallest absolute Gasteiger partial charge is 0.433 e. The normalized spacial score (nSPS) is 26.1. The summed E-state index contributed by atoms with van der Waals surface area (Å²) in [5, 5.41) is 8.80. The largest absolute Gasteiger partial charge is 0.478 e. The van der Waals surface area contributed by atoms with Gasteiger partial charge in [0.25, 0.3) is 0 Å². The summed E-state index contributed by atoms with van der Waals surface area (Å²) in [5.41, 5.74) is -0.0989. The third kappa shape index (κ3) is 4.68. The van der Waals surface area contributed by atoms with E-state index in [0.717, 1.165) is 0 Å². The Morgan fingerprint density at radius 3 is 2.29 bits per heavy atom. The number of carbonyl (C=O) groups is 2. The second kappa shape index (κ2) is 7.63. The number of hydrogen-bond donors (Lipinski definition) is 2. The van der Waals surface area contributed by atoms with Crippen LogP contribution in [0.1, 0.15) is 32.6 Å². The van der Waals surface area contributed by atoms with Crippen LogP contribution in [-0.2, 0) is 14.3 Å². The van der Waals surface area contributed by atoms with Crippen molar-refractivity contribution in [3.63, 3.8) is 0 Å². The molecule has 10 heteroatoms. The molecule has 1 saturated carbocycles. The van der Waals surface area contributed by atoms with Gasteiger partial charge in [-0.3, -0.25) is 4.99 Å². The maximum atomic E-state index is 14.4. The van der Waals surface area contributed by atoms with Crippen molar-refractivity contribution in [2.75, 3.05) is 6.61 Å². The molecule has 0 unspecified atom stereocenters. The van der Waals surface area contributed by atoms with Crippen molar-refractivity contribution < 1.29 is 37.0 Å². The zero-order valence-electron chi connectivity index (χ0n) is 12.9. The summed E-state index contributed by atoms with van der Waals surface area (Å²) < 4.78 is 58.0. The van der Waals surface area contributed by atoms with Crippen molar-refractivity contribution in [1.82, 2.24) is 0 Å². The summed E-state index contributed by atoms with van der Waals surface area (Å²) in [5.74, 6) is -2.91. The number of carboxylic acids is 1. The lowest BCUT2D eigenvalue weighted by Gasteiger charge is -2.30. The van der Waals surface area contributed by atoms with Crippen molar-refractivity contribution in [2.24, 2.45) is 10.7 Å². The molecule has 0 aromatic heterocycles. The van der Waals surface area contributed by atoms with E-state index in [9.17, 15) is 27.2 Å². The van der Waals surface area contributed by atoms with Crippen molar-refractivity contribution in [2.45, 2.75) is 50.5 Å². The SMILES string of the molecule is CCOC(=O)C1(F)CCC(N=C(C(=CN)C(=O)O)C(F)(F)F)CC1. The molecule has 0 aliphatic heterocycles. The standard InChI is InChI=1S/C14H18F4N2O4/c1-2-24-12(23)13(15)5-3-8(4-6-13)20-10(14(16,17)18)9(7-19)11(21)22/h7-8H,2-6,19H2,1H3,(H,21,22). The number of nitrogens with two attached hydrogens (primary N) is 1. The summed E-state index contributed by atoms with van der Waals surface area (Å²) in [7, 11) is 0. The molecule has 0 bridgehead atoms. The van der Waals surface area contributed by atoms with Gasteiger partial charge in [-0.25, -0.2) is 14.0 Å². The number of halogens is 4. The number of aliphatic carboxylic acids is 1. The highest BCUT2D eigenvalue weighted by Crippen LogP contribution is 2.35. The van der Waals surface area contributed by atoms with Crippen molar-refractivity contribution in [1.29, 1.82) is 0 Å². The third-order valence-corrected chi connectivity index (χ3v) is 3.62. The van der Waals surface area contributed by atoms with Crippen LogP contribution in [-0.4, -0.2) is 47.3 Å². The van der Waals surface area contributed by atoms with Gasteiger partial charge < -0.3 is 15.6 Å². The number of nitrogens with zero attached hydrogens (tertiary/aromatic N) is 1. The van der Waals surface area contributed by atoms with E-state index in [0.29, 0.717) is 6.20 Å². The Morgan fingerprint density at radius 2 is 1.92 bits per heavy atom. The maximum absolute atomic E-state index is 14.4. The fourth-order valence-electron chi connectivity index (χ4n) is 2.38. The third-order valence-electron chi connectivity index (χ3n) is 3.62. The number of carboxylic acid groups (broad SMARTS) is 1. The van der Waals surface area contributed by atoms with Gasteiger partial charge in [0.15, 0.2) is 5.71 Å². The molecule has 0 amide bonds. The Labute approximate surface area is 135 Å². The molecule has 0 radical (unpaired) electrons. The first-order valence-corrected chi connectivity index (χ1v) is 7.22. The van der Waals surface area contributed by atoms with Gasteiger partial charge in [-0.2, -0.15) is 13.2 Å². The molecule has 1 aliphatic rings. The molecule has 0 atom stereocenters. The summed E-state index contributed by atoms with van der Waals surface area (Å²) in [6.07, 6.45) is -5.69. The first kappa shape index (κ1) is 19.9. The summed E-state index contributed by atoms with van der Waals surface area (Å²) in [6.45, 7) is 1.51. The van der Waals surface area contributed by atoms with Crippen molar-refractivity contribution in [3.05, 3.63) is 11.8 Å². The first-order valence-electron chi connectivity index (χ1n) is 7.22. The van der Waals surface area contributed by atoms with Crippen molar-refractivity contribution >= 4 is 17.7 Å². The lowest BCUT2D eigenvalue weighted by Crippen LogP contribution is -2.41. The van der Waals surface area contributed by atoms with Crippen LogP contribution in [0.4, 0.5) is 17.6 Å². The highest BCUT2D eigenvalue weighted by Gasteiger charge is 2.45. The molecule has 0 aromatic rings. The fraction of sp³-hybridized carbons (Fsp3) is 0.643. The number of esters is 1. The minimum atomic E-state index is -5.02. The van der Waals surface area contributed by atoms with E-state index >= 15 is 0 Å². The molecule has 1 aliphatic carbocycles. The molecule has 3 N–H and O–H groups in total. The Hall–Kier alpha value is -2.13. The molecule has 0 spiro atoms. The van der Waals surface area contributed by atoms with E-state index in [1.807, 2.05) is 0 Å². The molecule has 6 nitrogen and oxygen atoms in total. The van der Waals surface area contributed by atoms with E-state index < -0.39 is 41.1 Å². The average Bonchev–Trinajstić information content (AvgIpc) is 2.48. The van der Waals surface area contributed by atoms with E-state index in [4.69, 9.17) is 10.8 Å². The highest BCUT2D eigenvalue weighted by atomic mass is 19.4.